The molecule has 120 valence electrons. The van der Waals surface area contributed by atoms with Gasteiger partial charge < -0.3 is 5.32 Å². The lowest BCUT2D eigenvalue weighted by Gasteiger charge is -2.08. The molecule has 1 heterocycles. The lowest BCUT2D eigenvalue weighted by molar-refractivity contribution is 0.102. The third-order valence-electron chi connectivity index (χ3n) is 3.80. The summed E-state index contributed by atoms with van der Waals surface area (Å²) < 4.78 is 13.6. The van der Waals surface area contributed by atoms with Gasteiger partial charge in [-0.3, -0.25) is 9.78 Å². The number of aryl methyl sites for hydroxylation is 1. The minimum atomic E-state index is -0.379. The highest BCUT2D eigenvalue weighted by Gasteiger charge is 2.08. The van der Waals surface area contributed by atoms with Crippen molar-refractivity contribution in [1.82, 2.24) is 4.98 Å². The molecule has 1 N–H and O–H groups in total. The van der Waals surface area contributed by atoms with Gasteiger partial charge in [-0.2, -0.15) is 0 Å². The first kappa shape index (κ1) is 15.9. The van der Waals surface area contributed by atoms with Crippen LogP contribution in [0.3, 0.4) is 0 Å². The Kier molecular flexibility index (Phi) is 4.66. The van der Waals surface area contributed by atoms with Gasteiger partial charge in [0.25, 0.3) is 5.91 Å². The molecule has 0 atom stereocenters. The summed E-state index contributed by atoms with van der Waals surface area (Å²) in [5.41, 5.74) is 3.82. The number of hydrogen-bond acceptors (Lipinski definition) is 2. The number of rotatable bonds is 4. The molecule has 1 amide bonds. The number of hydrogen-bond donors (Lipinski definition) is 1. The minimum Gasteiger partial charge on any atom is -0.322 e. The van der Waals surface area contributed by atoms with Crippen LogP contribution in [0.25, 0.3) is 0 Å². The average molecular weight is 320 g/mol. The number of pyridine rings is 1. The summed E-state index contributed by atoms with van der Waals surface area (Å²) in [7, 11) is 0. The molecular formula is C20H17FN2O. The fourth-order valence-electron chi connectivity index (χ4n) is 2.38. The van der Waals surface area contributed by atoms with Gasteiger partial charge in [-0.1, -0.05) is 18.2 Å². The van der Waals surface area contributed by atoms with E-state index < -0.39 is 0 Å². The minimum absolute atomic E-state index is 0.305. The van der Waals surface area contributed by atoms with Crippen molar-refractivity contribution < 1.29 is 9.18 Å². The quantitative estimate of drug-likeness (QED) is 0.775. The molecule has 3 rings (SSSR count). The molecule has 0 aliphatic carbocycles. The van der Waals surface area contributed by atoms with Crippen molar-refractivity contribution in [2.45, 2.75) is 13.3 Å². The number of halogens is 1. The molecule has 0 fully saturated rings. The van der Waals surface area contributed by atoms with Gasteiger partial charge in [-0.25, -0.2) is 4.39 Å². The number of aromatic nitrogens is 1. The third-order valence-corrected chi connectivity index (χ3v) is 3.80. The zero-order valence-corrected chi connectivity index (χ0v) is 13.3. The van der Waals surface area contributed by atoms with Gasteiger partial charge in [-0.05, 0) is 66.4 Å². The van der Waals surface area contributed by atoms with Crippen molar-refractivity contribution in [3.63, 3.8) is 0 Å². The van der Waals surface area contributed by atoms with Gasteiger partial charge in [0.15, 0.2) is 0 Å². The molecule has 0 unspecified atom stereocenters. The maximum absolute atomic E-state index is 13.6. The second-order valence-electron chi connectivity index (χ2n) is 5.65. The topological polar surface area (TPSA) is 42.0 Å². The molecule has 0 aliphatic rings. The Morgan fingerprint density at radius 2 is 1.67 bits per heavy atom. The van der Waals surface area contributed by atoms with E-state index in [9.17, 15) is 9.18 Å². The van der Waals surface area contributed by atoms with Crippen molar-refractivity contribution in [3.8, 4) is 0 Å². The third kappa shape index (κ3) is 3.84. The summed E-state index contributed by atoms with van der Waals surface area (Å²) in [4.78, 5) is 16.2. The van der Waals surface area contributed by atoms with Gasteiger partial charge >= 0.3 is 0 Å². The Balaban J connectivity index is 1.67. The van der Waals surface area contributed by atoms with Crippen LogP contribution >= 0.6 is 0 Å². The molecule has 0 saturated carbocycles. The fraction of sp³-hybridized carbons (Fsp3) is 0.100. The molecule has 4 heteroatoms. The van der Waals surface area contributed by atoms with E-state index in [4.69, 9.17) is 0 Å². The van der Waals surface area contributed by atoms with Crippen LogP contribution < -0.4 is 5.32 Å². The molecule has 0 aliphatic heterocycles. The van der Waals surface area contributed by atoms with E-state index in [0.29, 0.717) is 16.8 Å². The molecule has 1 aromatic heterocycles. The molecule has 3 nitrogen and oxygen atoms in total. The largest absolute Gasteiger partial charge is 0.322 e. The highest BCUT2D eigenvalue weighted by molar-refractivity contribution is 6.04. The maximum Gasteiger partial charge on any atom is 0.255 e. The first-order valence-electron chi connectivity index (χ1n) is 7.67. The Bertz CT molecular complexity index is 845. The van der Waals surface area contributed by atoms with E-state index in [1.54, 1.807) is 31.5 Å². The predicted molar refractivity (Wildman–Crippen MR) is 92.6 cm³/mol. The monoisotopic (exact) mass is 320 g/mol. The van der Waals surface area contributed by atoms with E-state index in [2.05, 4.69) is 10.3 Å². The number of nitrogens with one attached hydrogen (secondary N) is 1. The lowest BCUT2D eigenvalue weighted by atomic mass is 10.1. The normalized spacial score (nSPS) is 10.4. The molecule has 2 aromatic carbocycles. The zero-order chi connectivity index (χ0) is 16.9. The summed E-state index contributed by atoms with van der Waals surface area (Å²) in [6.45, 7) is 1.67. The first-order chi connectivity index (χ1) is 11.6. The number of amides is 1. The van der Waals surface area contributed by atoms with Crippen molar-refractivity contribution in [2.24, 2.45) is 0 Å². The number of anilines is 1. The van der Waals surface area contributed by atoms with Crippen LogP contribution in [0, 0.1) is 12.7 Å². The van der Waals surface area contributed by atoms with Crippen LogP contribution in [-0.4, -0.2) is 10.9 Å². The Labute approximate surface area is 140 Å². The molecule has 0 radical (unpaired) electrons. The second-order valence-corrected chi connectivity index (χ2v) is 5.65. The predicted octanol–water partition coefficient (Wildman–Crippen LogP) is 4.37. The summed E-state index contributed by atoms with van der Waals surface area (Å²) in [6, 6.07) is 16.0. The van der Waals surface area contributed by atoms with Crippen LogP contribution in [-0.2, 0) is 6.42 Å². The summed E-state index contributed by atoms with van der Waals surface area (Å²) >= 11 is 0. The maximum atomic E-state index is 13.6. The average Bonchev–Trinajstić information content (AvgIpc) is 2.60. The van der Waals surface area contributed by atoms with E-state index in [0.717, 1.165) is 12.0 Å². The van der Waals surface area contributed by atoms with Gasteiger partial charge in [0.1, 0.15) is 5.82 Å². The zero-order valence-electron chi connectivity index (χ0n) is 13.3. The highest BCUT2D eigenvalue weighted by Crippen LogP contribution is 2.15. The van der Waals surface area contributed by atoms with Crippen LogP contribution in [0.5, 0.6) is 0 Å². The number of carbonyl (C=O) groups excluding carboxylic acids is 1. The van der Waals surface area contributed by atoms with Crippen LogP contribution in [0.15, 0.2) is 67.0 Å². The smallest absolute Gasteiger partial charge is 0.255 e. The lowest BCUT2D eigenvalue weighted by Crippen LogP contribution is -2.12. The van der Waals surface area contributed by atoms with Crippen LogP contribution in [0.2, 0.25) is 0 Å². The molecule has 0 spiro atoms. The molecule has 24 heavy (non-hydrogen) atoms. The van der Waals surface area contributed by atoms with Gasteiger partial charge in [0, 0.05) is 23.6 Å². The Hall–Kier alpha value is -3.01. The van der Waals surface area contributed by atoms with Crippen molar-refractivity contribution in [1.29, 1.82) is 0 Å². The standard InChI is InChI=1S/C20H17FN2O/c1-14-2-5-17(13-19(14)21)20(24)23-18-6-3-15(4-7-18)12-16-8-10-22-11-9-16/h2-11,13H,12H2,1H3,(H,23,24). The second kappa shape index (κ2) is 7.04. The molecule has 0 bridgehead atoms. The number of benzene rings is 2. The summed E-state index contributed by atoms with van der Waals surface area (Å²) in [5, 5.41) is 2.78. The van der Waals surface area contributed by atoms with Gasteiger partial charge in [0.2, 0.25) is 0 Å². The Morgan fingerprint density at radius 3 is 2.33 bits per heavy atom. The Morgan fingerprint density at radius 1 is 1.00 bits per heavy atom. The van der Waals surface area contributed by atoms with E-state index >= 15 is 0 Å². The van der Waals surface area contributed by atoms with E-state index in [1.165, 1.54) is 11.6 Å². The molecule has 0 saturated heterocycles. The number of nitrogens with zero attached hydrogens (tertiary/aromatic N) is 1. The van der Waals surface area contributed by atoms with Crippen molar-refractivity contribution in [3.05, 3.63) is 95.1 Å². The van der Waals surface area contributed by atoms with E-state index in [-0.39, 0.29) is 11.7 Å². The summed E-state index contributed by atoms with van der Waals surface area (Å²) in [6.07, 6.45) is 4.34. The molecular weight excluding hydrogens is 303 g/mol. The van der Waals surface area contributed by atoms with Gasteiger partial charge in [-0.15, -0.1) is 0 Å². The SMILES string of the molecule is Cc1ccc(C(=O)Nc2ccc(Cc3ccncc3)cc2)cc1F. The highest BCUT2D eigenvalue weighted by atomic mass is 19.1. The first-order valence-corrected chi connectivity index (χ1v) is 7.67. The van der Waals surface area contributed by atoms with Crippen molar-refractivity contribution in [2.75, 3.05) is 5.32 Å². The number of carbonyl (C=O) groups is 1. The van der Waals surface area contributed by atoms with Crippen LogP contribution in [0.4, 0.5) is 10.1 Å². The van der Waals surface area contributed by atoms with Crippen molar-refractivity contribution >= 4 is 11.6 Å². The van der Waals surface area contributed by atoms with Crippen LogP contribution in [0.1, 0.15) is 27.0 Å². The fourth-order valence-corrected chi connectivity index (χ4v) is 2.38. The molecule has 3 aromatic rings. The van der Waals surface area contributed by atoms with Gasteiger partial charge in [0.05, 0.1) is 0 Å². The summed E-state index contributed by atoms with van der Waals surface area (Å²) in [5.74, 6) is -0.703. The van der Waals surface area contributed by atoms with E-state index in [1.807, 2.05) is 36.4 Å².